The largest absolute Gasteiger partial charge is 0.361 e. The van der Waals surface area contributed by atoms with Gasteiger partial charge in [0, 0.05) is 28.6 Å². The minimum atomic E-state index is -3.87. The van der Waals surface area contributed by atoms with E-state index in [9.17, 15) is 8.42 Å². The molecule has 5 aromatic rings. The van der Waals surface area contributed by atoms with E-state index in [-0.39, 0.29) is 5.92 Å². The van der Waals surface area contributed by atoms with Crippen LogP contribution < -0.4 is 0 Å². The third kappa shape index (κ3) is 4.25. The van der Waals surface area contributed by atoms with Crippen LogP contribution in [0.1, 0.15) is 40.6 Å². The molecule has 0 aliphatic carbocycles. The fourth-order valence-electron chi connectivity index (χ4n) is 5.34. The number of allylic oxidation sites excluding steroid dienone is 1. The molecular weight excluding hydrogens is 476 g/mol. The molecule has 1 aliphatic rings. The van der Waals surface area contributed by atoms with Crippen LogP contribution in [-0.2, 0) is 10.0 Å². The van der Waals surface area contributed by atoms with Crippen molar-refractivity contribution in [3.63, 3.8) is 0 Å². The molecule has 0 bridgehead atoms. The Kier molecular flexibility index (Phi) is 5.93. The zero-order chi connectivity index (χ0) is 25.4. The number of sulfonamides is 1. The highest BCUT2D eigenvalue weighted by Gasteiger charge is 2.40. The molecule has 184 valence electrons. The first-order valence-corrected chi connectivity index (χ1v) is 14.0. The number of aryl methyl sites for hydroxylation is 1. The van der Waals surface area contributed by atoms with Crippen LogP contribution in [-0.4, -0.2) is 17.7 Å². The van der Waals surface area contributed by atoms with Crippen molar-refractivity contribution >= 4 is 26.6 Å². The summed E-state index contributed by atoms with van der Waals surface area (Å²) in [5, 5.41) is 1.04. The van der Waals surface area contributed by atoms with Gasteiger partial charge < -0.3 is 4.98 Å². The van der Waals surface area contributed by atoms with Gasteiger partial charge in [0.1, 0.15) is 0 Å². The Balaban J connectivity index is 1.61. The molecule has 0 unspecified atom stereocenters. The van der Waals surface area contributed by atoms with E-state index < -0.39 is 16.1 Å². The summed E-state index contributed by atoms with van der Waals surface area (Å²) in [7, 11) is -3.87. The SMILES string of the molecule is Cc1ccc(S(=O)(=O)N2C(c3ccccc3)=C[C@H](c3ccccc3)C[C@H]2c2c[nH]c3ccccc23)cc1. The fraction of sp³-hybridized carbons (Fsp3) is 0.125. The van der Waals surface area contributed by atoms with Crippen LogP contribution >= 0.6 is 0 Å². The van der Waals surface area contributed by atoms with Crippen molar-refractivity contribution < 1.29 is 8.42 Å². The maximum absolute atomic E-state index is 14.4. The highest BCUT2D eigenvalue weighted by Crippen LogP contribution is 2.48. The predicted octanol–water partition coefficient (Wildman–Crippen LogP) is 7.44. The van der Waals surface area contributed by atoms with Gasteiger partial charge in [0.2, 0.25) is 0 Å². The summed E-state index contributed by atoms with van der Waals surface area (Å²) in [5.41, 5.74) is 5.76. The van der Waals surface area contributed by atoms with Gasteiger partial charge in [0.05, 0.1) is 16.6 Å². The van der Waals surface area contributed by atoms with Gasteiger partial charge in [-0.05, 0) is 42.7 Å². The highest BCUT2D eigenvalue weighted by molar-refractivity contribution is 7.89. The number of hydrogen-bond acceptors (Lipinski definition) is 2. The number of nitrogens with zero attached hydrogens (tertiary/aromatic N) is 1. The smallest absolute Gasteiger partial charge is 0.264 e. The van der Waals surface area contributed by atoms with E-state index in [0.29, 0.717) is 17.0 Å². The molecule has 1 aromatic heterocycles. The molecule has 1 N–H and O–H groups in total. The number of H-pyrrole nitrogens is 1. The minimum Gasteiger partial charge on any atom is -0.361 e. The van der Waals surface area contributed by atoms with E-state index in [2.05, 4.69) is 29.3 Å². The van der Waals surface area contributed by atoms with Crippen molar-refractivity contribution in [1.82, 2.24) is 9.29 Å². The maximum atomic E-state index is 14.4. The van der Waals surface area contributed by atoms with Crippen LogP contribution in [0.4, 0.5) is 0 Å². The summed E-state index contributed by atoms with van der Waals surface area (Å²) in [6.07, 6.45) is 4.73. The molecule has 0 spiro atoms. The molecule has 37 heavy (non-hydrogen) atoms. The second kappa shape index (κ2) is 9.41. The van der Waals surface area contributed by atoms with Crippen molar-refractivity contribution in [2.75, 3.05) is 0 Å². The summed E-state index contributed by atoms with van der Waals surface area (Å²) in [6.45, 7) is 1.96. The molecule has 4 nitrogen and oxygen atoms in total. The number of nitrogens with one attached hydrogen (secondary N) is 1. The van der Waals surface area contributed by atoms with Gasteiger partial charge in [-0.2, -0.15) is 0 Å². The monoisotopic (exact) mass is 504 g/mol. The molecule has 5 heteroatoms. The summed E-state index contributed by atoms with van der Waals surface area (Å²) in [6, 6.07) is 35.0. The first kappa shape index (κ1) is 23.3. The number of aromatic amines is 1. The van der Waals surface area contributed by atoms with Gasteiger partial charge in [0.25, 0.3) is 10.0 Å². The normalized spacial score (nSPS) is 18.1. The Bertz CT molecular complexity index is 1670. The van der Waals surface area contributed by atoms with Crippen LogP contribution in [0.15, 0.2) is 126 Å². The zero-order valence-electron chi connectivity index (χ0n) is 20.6. The number of para-hydroxylation sites is 1. The van der Waals surface area contributed by atoms with Crippen LogP contribution in [0.5, 0.6) is 0 Å². The summed E-state index contributed by atoms with van der Waals surface area (Å²) in [5.74, 6) is 0.0551. The van der Waals surface area contributed by atoms with Gasteiger partial charge in [-0.3, -0.25) is 4.31 Å². The van der Waals surface area contributed by atoms with Crippen molar-refractivity contribution in [2.24, 2.45) is 0 Å². The average molecular weight is 505 g/mol. The number of benzene rings is 4. The van der Waals surface area contributed by atoms with E-state index in [0.717, 1.165) is 27.6 Å². The van der Waals surface area contributed by atoms with Crippen LogP contribution in [0.25, 0.3) is 16.6 Å². The van der Waals surface area contributed by atoms with E-state index in [1.54, 1.807) is 16.4 Å². The van der Waals surface area contributed by atoms with Gasteiger partial charge in [-0.25, -0.2) is 8.42 Å². The predicted molar refractivity (Wildman–Crippen MR) is 149 cm³/mol. The molecule has 0 fully saturated rings. The molecule has 0 amide bonds. The topological polar surface area (TPSA) is 53.2 Å². The van der Waals surface area contributed by atoms with E-state index in [4.69, 9.17) is 0 Å². The third-order valence-corrected chi connectivity index (χ3v) is 9.05. The Morgan fingerprint density at radius 1 is 0.784 bits per heavy atom. The van der Waals surface area contributed by atoms with Gasteiger partial charge >= 0.3 is 0 Å². The van der Waals surface area contributed by atoms with Gasteiger partial charge in [-0.15, -0.1) is 0 Å². The number of rotatable bonds is 5. The molecule has 1 aliphatic heterocycles. The Morgan fingerprint density at radius 2 is 1.43 bits per heavy atom. The van der Waals surface area contributed by atoms with Crippen LogP contribution in [0.2, 0.25) is 0 Å². The van der Waals surface area contributed by atoms with E-state index >= 15 is 0 Å². The number of aromatic nitrogens is 1. The summed E-state index contributed by atoms with van der Waals surface area (Å²) < 4.78 is 30.5. The van der Waals surface area contributed by atoms with Gasteiger partial charge in [-0.1, -0.05) is 103 Å². The second-order valence-corrected chi connectivity index (χ2v) is 11.4. The zero-order valence-corrected chi connectivity index (χ0v) is 21.4. The lowest BCUT2D eigenvalue weighted by molar-refractivity contribution is 0.373. The van der Waals surface area contributed by atoms with Crippen molar-refractivity contribution in [2.45, 2.75) is 30.2 Å². The Morgan fingerprint density at radius 3 is 2.16 bits per heavy atom. The lowest BCUT2D eigenvalue weighted by Gasteiger charge is -2.40. The highest BCUT2D eigenvalue weighted by atomic mass is 32.2. The Hall–Kier alpha value is -4.09. The standard InChI is InChI=1S/C32H28N2O2S/c1-23-16-18-27(19-17-23)37(35,36)34-31(25-12-6-3-7-13-25)20-26(24-10-4-2-5-11-24)21-32(34)29-22-33-30-15-9-8-14-28(29)30/h2-20,22,26,32-33H,21H2,1H3/t26-,32-/m0/s1. The lowest BCUT2D eigenvalue weighted by Crippen LogP contribution is -2.37. The van der Waals surface area contributed by atoms with Gasteiger partial charge in [0.15, 0.2) is 0 Å². The quantitative estimate of drug-likeness (QED) is 0.270. The molecular formula is C32H28N2O2S. The summed E-state index contributed by atoms with van der Waals surface area (Å²) >= 11 is 0. The fourth-order valence-corrected chi connectivity index (χ4v) is 7.01. The minimum absolute atomic E-state index is 0.0551. The van der Waals surface area contributed by atoms with Crippen molar-refractivity contribution in [3.8, 4) is 0 Å². The van der Waals surface area contributed by atoms with E-state index in [1.165, 1.54) is 5.56 Å². The van der Waals surface area contributed by atoms with Crippen molar-refractivity contribution in [1.29, 1.82) is 0 Å². The summed E-state index contributed by atoms with van der Waals surface area (Å²) in [4.78, 5) is 3.67. The first-order valence-electron chi connectivity index (χ1n) is 12.5. The van der Waals surface area contributed by atoms with E-state index in [1.807, 2.05) is 92.0 Å². The molecule has 0 saturated carbocycles. The van der Waals surface area contributed by atoms with Crippen LogP contribution in [0.3, 0.4) is 0 Å². The number of hydrogen-bond donors (Lipinski definition) is 1. The Labute approximate surface area is 218 Å². The molecule has 2 heterocycles. The molecule has 4 aromatic carbocycles. The van der Waals surface area contributed by atoms with Crippen LogP contribution in [0, 0.1) is 6.92 Å². The lowest BCUT2D eigenvalue weighted by atomic mass is 9.84. The number of fused-ring (bicyclic) bond motifs is 1. The third-order valence-electron chi connectivity index (χ3n) is 7.21. The second-order valence-electron chi connectivity index (χ2n) is 9.59. The average Bonchev–Trinajstić information content (AvgIpc) is 3.38. The molecule has 0 radical (unpaired) electrons. The molecule has 2 atom stereocenters. The maximum Gasteiger partial charge on any atom is 0.264 e. The van der Waals surface area contributed by atoms with Crippen molar-refractivity contribution in [3.05, 3.63) is 144 Å². The molecule has 6 rings (SSSR count). The first-order chi connectivity index (χ1) is 18.0. The molecule has 0 saturated heterocycles.